The summed E-state index contributed by atoms with van der Waals surface area (Å²) < 4.78 is -0.903. The minimum absolute atomic E-state index is 0.237. The summed E-state index contributed by atoms with van der Waals surface area (Å²) in [4.78, 5) is 11.5. The highest BCUT2D eigenvalue weighted by Crippen LogP contribution is 2.35. The molecule has 0 saturated carbocycles. The Morgan fingerprint density at radius 3 is 2.38 bits per heavy atom. The summed E-state index contributed by atoms with van der Waals surface area (Å²) in [5.74, 6) is -0.249. The molecule has 2 N–H and O–H groups in total. The van der Waals surface area contributed by atoms with E-state index in [4.69, 9.17) is 0 Å². The van der Waals surface area contributed by atoms with Crippen LogP contribution in [0.1, 0.15) is 5.56 Å². The zero-order valence-electron chi connectivity index (χ0n) is 8.16. The first kappa shape index (κ1) is 14.2. The van der Waals surface area contributed by atoms with Gasteiger partial charge in [0, 0.05) is 0 Å². The van der Waals surface area contributed by atoms with Crippen LogP contribution in [0.5, 0.6) is 0 Å². The summed E-state index contributed by atoms with van der Waals surface area (Å²) in [7, 11) is 0. The summed E-state index contributed by atoms with van der Waals surface area (Å²) in [6.45, 7) is 0. The quantitative estimate of drug-likeness (QED) is 0.588. The minimum atomic E-state index is -1.07. The summed E-state index contributed by atoms with van der Waals surface area (Å²) in [5.41, 5.74) is 0.900. The second kappa shape index (κ2) is 6.14. The number of carbonyl (C=O) groups excluding carboxylic acids is 1. The van der Waals surface area contributed by atoms with Crippen molar-refractivity contribution in [2.75, 3.05) is 0 Å². The van der Waals surface area contributed by atoms with Gasteiger partial charge in [0.1, 0.15) is 0 Å². The average Bonchev–Trinajstić information content (AvgIpc) is 2.17. The van der Waals surface area contributed by atoms with Crippen molar-refractivity contribution in [1.29, 1.82) is 0 Å². The van der Waals surface area contributed by atoms with Gasteiger partial charge in [0.2, 0.25) is 5.91 Å². The molecule has 6 heteroatoms. The zero-order valence-corrected chi connectivity index (χ0v) is 12.9. The maximum absolute atomic E-state index is 11.5. The smallest absolute Gasteiger partial charge is 0.226 e. The molecule has 0 unspecified atom stereocenters. The fraction of sp³-hybridized carbons (Fsp3) is 0.300. The second-order valence-electron chi connectivity index (χ2n) is 3.17. The molecular formula is C10H10Br3NO2. The van der Waals surface area contributed by atoms with Crippen LogP contribution >= 0.6 is 47.8 Å². The molecule has 0 saturated heterocycles. The molecule has 16 heavy (non-hydrogen) atoms. The fourth-order valence-electron chi connectivity index (χ4n) is 1.07. The molecule has 1 amide bonds. The number of nitrogens with one attached hydrogen (secondary N) is 1. The monoisotopic (exact) mass is 413 g/mol. The van der Waals surface area contributed by atoms with Crippen LogP contribution in [0.25, 0.3) is 0 Å². The van der Waals surface area contributed by atoms with Gasteiger partial charge in [0.05, 0.1) is 6.42 Å². The van der Waals surface area contributed by atoms with Gasteiger partial charge in [-0.1, -0.05) is 78.1 Å². The summed E-state index contributed by atoms with van der Waals surface area (Å²) >= 11 is 9.38. The Morgan fingerprint density at radius 2 is 1.88 bits per heavy atom. The van der Waals surface area contributed by atoms with Crippen LogP contribution < -0.4 is 5.32 Å². The predicted octanol–water partition coefficient (Wildman–Crippen LogP) is 2.50. The van der Waals surface area contributed by atoms with Crippen LogP contribution in [0.2, 0.25) is 0 Å². The number of carbonyl (C=O) groups is 1. The molecule has 0 heterocycles. The molecule has 0 aliphatic rings. The highest BCUT2D eigenvalue weighted by molar-refractivity contribution is 9.39. The van der Waals surface area contributed by atoms with Crippen molar-refractivity contribution in [3.8, 4) is 0 Å². The van der Waals surface area contributed by atoms with Crippen LogP contribution in [0.15, 0.2) is 30.3 Å². The topological polar surface area (TPSA) is 49.3 Å². The van der Waals surface area contributed by atoms with E-state index in [1.165, 1.54) is 0 Å². The first-order valence-corrected chi connectivity index (χ1v) is 6.85. The van der Waals surface area contributed by atoms with E-state index in [0.717, 1.165) is 5.56 Å². The summed E-state index contributed by atoms with van der Waals surface area (Å²) in [6, 6.07) is 9.33. The lowest BCUT2D eigenvalue weighted by molar-refractivity contribution is -0.123. The van der Waals surface area contributed by atoms with Crippen LogP contribution in [0.3, 0.4) is 0 Å². The maximum atomic E-state index is 11.5. The lowest BCUT2D eigenvalue weighted by Crippen LogP contribution is -2.43. The van der Waals surface area contributed by atoms with Gasteiger partial charge in [-0.05, 0) is 5.56 Å². The Kier molecular flexibility index (Phi) is 5.43. The highest BCUT2D eigenvalue weighted by atomic mass is 80.0. The number of aliphatic hydroxyl groups is 1. The van der Waals surface area contributed by atoms with E-state index in [9.17, 15) is 9.90 Å². The summed E-state index contributed by atoms with van der Waals surface area (Å²) in [5, 5.41) is 12.0. The van der Waals surface area contributed by atoms with Crippen molar-refractivity contribution >= 4 is 53.7 Å². The SMILES string of the molecule is O=C(Cc1ccccc1)N[C@@H](O)C(Br)(Br)Br. The number of halogens is 3. The van der Waals surface area contributed by atoms with Gasteiger partial charge in [-0.25, -0.2) is 0 Å². The van der Waals surface area contributed by atoms with E-state index in [1.807, 2.05) is 30.3 Å². The number of amides is 1. The predicted molar refractivity (Wildman–Crippen MR) is 73.8 cm³/mol. The van der Waals surface area contributed by atoms with Crippen LogP contribution in [0.4, 0.5) is 0 Å². The second-order valence-corrected chi connectivity index (χ2v) is 10.1. The Bertz CT molecular complexity index is 351. The van der Waals surface area contributed by atoms with Crippen molar-refractivity contribution in [3.63, 3.8) is 0 Å². The molecule has 0 fully saturated rings. The maximum Gasteiger partial charge on any atom is 0.226 e. The third-order valence-corrected chi connectivity index (χ3v) is 3.12. The molecular weight excluding hydrogens is 406 g/mol. The standard InChI is InChI=1S/C10H10Br3NO2/c11-10(12,13)9(16)14-8(15)6-7-4-2-1-3-5-7/h1-5,9,16H,6H2,(H,14,15)/t9-/m0/s1. The molecule has 88 valence electrons. The molecule has 1 rings (SSSR count). The molecule has 0 spiro atoms. The Balaban J connectivity index is 2.49. The molecule has 0 bridgehead atoms. The molecule has 0 aliphatic heterocycles. The first-order valence-electron chi connectivity index (χ1n) is 4.47. The van der Waals surface area contributed by atoms with Gasteiger partial charge in [-0.2, -0.15) is 0 Å². The van der Waals surface area contributed by atoms with Gasteiger partial charge in [0.25, 0.3) is 0 Å². The van der Waals surface area contributed by atoms with Crippen molar-refractivity contribution in [3.05, 3.63) is 35.9 Å². The number of aliphatic hydroxyl groups excluding tert-OH is 1. The Morgan fingerprint density at radius 1 is 1.31 bits per heavy atom. The third-order valence-electron chi connectivity index (χ3n) is 1.82. The molecule has 0 radical (unpaired) electrons. The van der Waals surface area contributed by atoms with Gasteiger partial charge >= 0.3 is 0 Å². The normalized spacial score (nSPS) is 13.2. The van der Waals surface area contributed by atoms with Gasteiger partial charge in [-0.3, -0.25) is 4.79 Å². The molecule has 0 aromatic heterocycles. The molecule has 0 aliphatic carbocycles. The number of benzene rings is 1. The lowest BCUT2D eigenvalue weighted by atomic mass is 10.1. The molecule has 1 aromatic rings. The van der Waals surface area contributed by atoms with E-state index in [2.05, 4.69) is 53.1 Å². The lowest BCUT2D eigenvalue weighted by Gasteiger charge is -2.21. The molecule has 3 nitrogen and oxygen atoms in total. The van der Waals surface area contributed by atoms with E-state index >= 15 is 0 Å². The Hall–Kier alpha value is 0.0900. The van der Waals surface area contributed by atoms with Crippen LogP contribution in [-0.2, 0) is 11.2 Å². The number of alkyl halides is 3. The number of hydrogen-bond acceptors (Lipinski definition) is 2. The van der Waals surface area contributed by atoms with Crippen molar-refractivity contribution in [1.82, 2.24) is 5.32 Å². The fourth-order valence-corrected chi connectivity index (χ4v) is 1.41. The van der Waals surface area contributed by atoms with Crippen molar-refractivity contribution in [2.24, 2.45) is 0 Å². The molecule has 1 aromatic carbocycles. The van der Waals surface area contributed by atoms with E-state index in [-0.39, 0.29) is 12.3 Å². The zero-order chi connectivity index (χ0) is 12.2. The van der Waals surface area contributed by atoms with Gasteiger partial charge in [0.15, 0.2) is 8.37 Å². The summed E-state index contributed by atoms with van der Waals surface area (Å²) in [6.07, 6.45) is -0.829. The number of rotatable bonds is 3. The first-order chi connectivity index (χ1) is 7.39. The van der Waals surface area contributed by atoms with E-state index in [0.29, 0.717) is 0 Å². The minimum Gasteiger partial charge on any atom is -0.370 e. The Labute approximate surface area is 119 Å². The van der Waals surface area contributed by atoms with Gasteiger partial charge in [-0.15, -0.1) is 0 Å². The average molecular weight is 416 g/mol. The van der Waals surface area contributed by atoms with Crippen LogP contribution in [0, 0.1) is 0 Å². The van der Waals surface area contributed by atoms with Crippen molar-refractivity contribution < 1.29 is 9.90 Å². The van der Waals surface area contributed by atoms with Gasteiger partial charge < -0.3 is 10.4 Å². The van der Waals surface area contributed by atoms with E-state index in [1.54, 1.807) is 0 Å². The highest BCUT2D eigenvalue weighted by Gasteiger charge is 2.30. The van der Waals surface area contributed by atoms with Crippen molar-refractivity contribution in [2.45, 2.75) is 14.8 Å². The largest absolute Gasteiger partial charge is 0.370 e. The molecule has 1 atom stereocenters. The van der Waals surface area contributed by atoms with Crippen LogP contribution in [-0.4, -0.2) is 19.4 Å². The number of hydrogen-bond donors (Lipinski definition) is 2. The third kappa shape index (κ3) is 4.95. The van der Waals surface area contributed by atoms with E-state index < -0.39 is 8.37 Å².